The van der Waals surface area contributed by atoms with Gasteiger partial charge in [-0.2, -0.15) is 0 Å². The Balaban J connectivity index is 2.08. The second-order valence-electron chi connectivity index (χ2n) is 4.06. The van der Waals surface area contributed by atoms with Crippen molar-refractivity contribution in [1.29, 1.82) is 0 Å². The molecule has 3 N–H and O–H groups in total. The van der Waals surface area contributed by atoms with Crippen molar-refractivity contribution in [3.63, 3.8) is 0 Å². The van der Waals surface area contributed by atoms with Crippen molar-refractivity contribution >= 4 is 17.4 Å². The SMILES string of the molecule is CC(=O)c1ccc(NC(=O)c2ccc(CN)o2)cc1. The Morgan fingerprint density at radius 3 is 2.37 bits per heavy atom. The van der Waals surface area contributed by atoms with Crippen molar-refractivity contribution in [2.24, 2.45) is 5.73 Å². The lowest BCUT2D eigenvalue weighted by atomic mass is 10.1. The normalized spacial score (nSPS) is 10.2. The van der Waals surface area contributed by atoms with E-state index < -0.39 is 0 Å². The molecule has 0 aliphatic heterocycles. The molecule has 2 aromatic rings. The molecule has 5 heteroatoms. The minimum Gasteiger partial charge on any atom is -0.455 e. The third kappa shape index (κ3) is 3.08. The fourth-order valence-corrected chi connectivity index (χ4v) is 1.59. The van der Waals surface area contributed by atoms with E-state index in [1.165, 1.54) is 6.92 Å². The highest BCUT2D eigenvalue weighted by Gasteiger charge is 2.11. The van der Waals surface area contributed by atoms with E-state index in [-0.39, 0.29) is 24.0 Å². The predicted molar refractivity (Wildman–Crippen MR) is 71.0 cm³/mol. The van der Waals surface area contributed by atoms with Gasteiger partial charge >= 0.3 is 0 Å². The number of ketones is 1. The molecule has 98 valence electrons. The number of carbonyl (C=O) groups is 2. The molecule has 0 fully saturated rings. The van der Waals surface area contributed by atoms with Crippen LogP contribution in [0.4, 0.5) is 5.69 Å². The molecule has 0 spiro atoms. The predicted octanol–water partition coefficient (Wildman–Crippen LogP) is 2.19. The standard InChI is InChI=1S/C14H14N2O3/c1-9(17)10-2-4-11(5-3-10)16-14(18)13-7-6-12(8-15)19-13/h2-7H,8,15H2,1H3,(H,16,18). The van der Waals surface area contributed by atoms with E-state index in [1.54, 1.807) is 36.4 Å². The third-order valence-electron chi connectivity index (χ3n) is 2.64. The Bertz CT molecular complexity index is 599. The number of hydrogen-bond donors (Lipinski definition) is 2. The van der Waals surface area contributed by atoms with Crippen LogP contribution in [0.2, 0.25) is 0 Å². The van der Waals surface area contributed by atoms with Gasteiger partial charge < -0.3 is 15.5 Å². The van der Waals surface area contributed by atoms with Crippen molar-refractivity contribution < 1.29 is 14.0 Å². The minimum atomic E-state index is -0.352. The zero-order valence-electron chi connectivity index (χ0n) is 10.5. The van der Waals surface area contributed by atoms with Gasteiger partial charge in [0.05, 0.1) is 6.54 Å². The molecule has 0 radical (unpaired) electrons. The van der Waals surface area contributed by atoms with Crippen LogP contribution < -0.4 is 11.1 Å². The highest BCUT2D eigenvalue weighted by atomic mass is 16.4. The summed E-state index contributed by atoms with van der Waals surface area (Å²) < 4.78 is 5.24. The van der Waals surface area contributed by atoms with Gasteiger partial charge in [0.15, 0.2) is 11.5 Å². The Kier molecular flexibility index (Phi) is 3.77. The van der Waals surface area contributed by atoms with E-state index in [2.05, 4.69) is 5.32 Å². The summed E-state index contributed by atoms with van der Waals surface area (Å²) in [6, 6.07) is 9.88. The number of amides is 1. The third-order valence-corrected chi connectivity index (χ3v) is 2.64. The second-order valence-corrected chi connectivity index (χ2v) is 4.06. The molecule has 0 saturated carbocycles. The van der Waals surface area contributed by atoms with Crippen LogP contribution >= 0.6 is 0 Å². The van der Waals surface area contributed by atoms with Gasteiger partial charge in [-0.25, -0.2) is 0 Å². The monoisotopic (exact) mass is 258 g/mol. The molecule has 0 aliphatic carbocycles. The summed E-state index contributed by atoms with van der Waals surface area (Å²) in [6.45, 7) is 1.74. The summed E-state index contributed by atoms with van der Waals surface area (Å²) >= 11 is 0. The van der Waals surface area contributed by atoms with Gasteiger partial charge in [0.2, 0.25) is 0 Å². The molecular weight excluding hydrogens is 244 g/mol. The average molecular weight is 258 g/mol. The quantitative estimate of drug-likeness (QED) is 0.823. The Morgan fingerprint density at radius 2 is 1.84 bits per heavy atom. The molecule has 2 rings (SSSR count). The average Bonchev–Trinajstić information content (AvgIpc) is 2.88. The Labute approximate surface area is 110 Å². The number of carbonyl (C=O) groups excluding carboxylic acids is 2. The number of Topliss-reactive ketones (excluding diaryl/α,β-unsaturated/α-hetero) is 1. The van der Waals surface area contributed by atoms with Gasteiger partial charge in [-0.05, 0) is 43.3 Å². The summed E-state index contributed by atoms with van der Waals surface area (Å²) in [6.07, 6.45) is 0. The van der Waals surface area contributed by atoms with Crippen LogP contribution in [0.25, 0.3) is 0 Å². The first-order chi connectivity index (χ1) is 9.10. The molecule has 0 atom stereocenters. The number of nitrogens with one attached hydrogen (secondary N) is 1. The molecule has 1 amide bonds. The lowest BCUT2D eigenvalue weighted by Gasteiger charge is -2.03. The highest BCUT2D eigenvalue weighted by molar-refractivity contribution is 6.02. The summed E-state index contributed by atoms with van der Waals surface area (Å²) in [4.78, 5) is 23.0. The Morgan fingerprint density at radius 1 is 1.16 bits per heavy atom. The highest BCUT2D eigenvalue weighted by Crippen LogP contribution is 2.13. The molecule has 0 aliphatic rings. The van der Waals surface area contributed by atoms with Crippen molar-refractivity contribution in [2.75, 3.05) is 5.32 Å². The first-order valence-electron chi connectivity index (χ1n) is 5.81. The number of benzene rings is 1. The Hall–Kier alpha value is -2.40. The molecule has 19 heavy (non-hydrogen) atoms. The van der Waals surface area contributed by atoms with Gasteiger partial charge in [-0.15, -0.1) is 0 Å². The van der Waals surface area contributed by atoms with Gasteiger partial charge in [-0.3, -0.25) is 9.59 Å². The van der Waals surface area contributed by atoms with E-state index in [1.807, 2.05) is 0 Å². The minimum absolute atomic E-state index is 0.0171. The molecular formula is C14H14N2O3. The van der Waals surface area contributed by atoms with Gasteiger partial charge in [-0.1, -0.05) is 0 Å². The summed E-state index contributed by atoms with van der Waals surface area (Å²) in [5, 5.41) is 2.68. The van der Waals surface area contributed by atoms with E-state index >= 15 is 0 Å². The van der Waals surface area contributed by atoms with Crippen molar-refractivity contribution in [3.8, 4) is 0 Å². The van der Waals surface area contributed by atoms with Crippen LogP contribution in [0, 0.1) is 0 Å². The number of nitrogens with two attached hydrogens (primary N) is 1. The fourth-order valence-electron chi connectivity index (χ4n) is 1.59. The molecule has 1 aromatic carbocycles. The maximum Gasteiger partial charge on any atom is 0.291 e. The van der Waals surface area contributed by atoms with Gasteiger partial charge in [0.25, 0.3) is 5.91 Å². The topological polar surface area (TPSA) is 85.3 Å². The lowest BCUT2D eigenvalue weighted by molar-refractivity contribution is 0.0993. The zero-order chi connectivity index (χ0) is 13.8. The molecule has 0 bridgehead atoms. The van der Waals surface area contributed by atoms with Gasteiger partial charge in [0, 0.05) is 11.3 Å². The molecule has 1 heterocycles. The maximum atomic E-state index is 11.8. The first kappa shape index (κ1) is 13.0. The summed E-state index contributed by atoms with van der Waals surface area (Å²) in [7, 11) is 0. The molecule has 0 unspecified atom stereocenters. The molecule has 1 aromatic heterocycles. The maximum absolute atomic E-state index is 11.8. The van der Waals surface area contributed by atoms with Crippen LogP contribution in [0.15, 0.2) is 40.8 Å². The number of hydrogen-bond acceptors (Lipinski definition) is 4. The van der Waals surface area contributed by atoms with Crippen molar-refractivity contribution in [3.05, 3.63) is 53.5 Å². The fraction of sp³-hybridized carbons (Fsp3) is 0.143. The number of rotatable bonds is 4. The largest absolute Gasteiger partial charge is 0.455 e. The number of furan rings is 1. The van der Waals surface area contributed by atoms with Crippen molar-refractivity contribution in [1.82, 2.24) is 0 Å². The van der Waals surface area contributed by atoms with Crippen molar-refractivity contribution in [2.45, 2.75) is 13.5 Å². The van der Waals surface area contributed by atoms with Crippen LogP contribution in [0.1, 0.15) is 33.6 Å². The van der Waals surface area contributed by atoms with Crippen LogP contribution in [0.3, 0.4) is 0 Å². The summed E-state index contributed by atoms with van der Waals surface area (Å²) in [5.41, 5.74) is 6.60. The first-order valence-corrected chi connectivity index (χ1v) is 5.81. The second kappa shape index (κ2) is 5.49. The van der Waals surface area contributed by atoms with E-state index in [0.29, 0.717) is 17.0 Å². The number of anilines is 1. The molecule has 5 nitrogen and oxygen atoms in total. The van der Waals surface area contributed by atoms with E-state index in [0.717, 1.165) is 0 Å². The smallest absolute Gasteiger partial charge is 0.291 e. The lowest BCUT2D eigenvalue weighted by Crippen LogP contribution is -2.11. The van der Waals surface area contributed by atoms with Gasteiger partial charge in [0.1, 0.15) is 5.76 Å². The van der Waals surface area contributed by atoms with Crippen LogP contribution in [-0.2, 0) is 6.54 Å². The zero-order valence-corrected chi connectivity index (χ0v) is 10.5. The van der Waals surface area contributed by atoms with Crippen LogP contribution in [0.5, 0.6) is 0 Å². The van der Waals surface area contributed by atoms with Crippen LogP contribution in [-0.4, -0.2) is 11.7 Å². The summed E-state index contributed by atoms with van der Waals surface area (Å²) in [5.74, 6) is 0.389. The van der Waals surface area contributed by atoms with E-state index in [4.69, 9.17) is 10.2 Å². The molecule has 0 saturated heterocycles. The van der Waals surface area contributed by atoms with E-state index in [9.17, 15) is 9.59 Å².